The molecule has 0 fully saturated rings. The van der Waals surface area contributed by atoms with Crippen LogP contribution in [0.15, 0.2) is 48.5 Å². The minimum atomic E-state index is -0.298. The summed E-state index contributed by atoms with van der Waals surface area (Å²) in [6.45, 7) is 2.23. The molecule has 0 radical (unpaired) electrons. The second-order valence-electron chi connectivity index (χ2n) is 4.45. The van der Waals surface area contributed by atoms with Gasteiger partial charge in [-0.25, -0.2) is 4.79 Å². The Kier molecular flexibility index (Phi) is 4.18. The Balaban J connectivity index is 1.91. The van der Waals surface area contributed by atoms with Crippen LogP contribution >= 0.6 is 0 Å². The molecular formula is C16H17NO2. The molecule has 0 bridgehead atoms. The van der Waals surface area contributed by atoms with E-state index < -0.39 is 0 Å². The number of rotatable bonds is 4. The van der Waals surface area contributed by atoms with E-state index in [0.29, 0.717) is 17.9 Å². The Labute approximate surface area is 113 Å². The zero-order chi connectivity index (χ0) is 13.7. The zero-order valence-corrected chi connectivity index (χ0v) is 10.9. The average Bonchev–Trinajstić information content (AvgIpc) is 2.39. The van der Waals surface area contributed by atoms with Gasteiger partial charge >= 0.3 is 5.97 Å². The van der Waals surface area contributed by atoms with Crippen molar-refractivity contribution in [3.63, 3.8) is 0 Å². The van der Waals surface area contributed by atoms with Crippen LogP contribution in [0.25, 0.3) is 0 Å². The van der Waals surface area contributed by atoms with Gasteiger partial charge in [-0.2, -0.15) is 0 Å². The first-order chi connectivity index (χ1) is 9.16. The number of carbonyl (C=O) groups is 1. The van der Waals surface area contributed by atoms with E-state index in [1.807, 2.05) is 37.3 Å². The average molecular weight is 255 g/mol. The fourth-order valence-electron chi connectivity index (χ4n) is 1.90. The van der Waals surface area contributed by atoms with Gasteiger partial charge in [0.25, 0.3) is 0 Å². The number of esters is 1. The van der Waals surface area contributed by atoms with Gasteiger partial charge in [-0.3, -0.25) is 0 Å². The SMILES string of the molecule is Cc1cc(N)ccc1C(=O)OCCc1ccccc1. The predicted molar refractivity (Wildman–Crippen MR) is 76.0 cm³/mol. The monoisotopic (exact) mass is 255 g/mol. The lowest BCUT2D eigenvalue weighted by Gasteiger charge is -2.07. The summed E-state index contributed by atoms with van der Waals surface area (Å²) in [5.74, 6) is -0.298. The minimum Gasteiger partial charge on any atom is -0.462 e. The molecule has 3 nitrogen and oxygen atoms in total. The van der Waals surface area contributed by atoms with E-state index in [2.05, 4.69) is 0 Å². The van der Waals surface area contributed by atoms with Gasteiger partial charge < -0.3 is 10.5 Å². The maximum atomic E-state index is 11.9. The van der Waals surface area contributed by atoms with Gasteiger partial charge in [-0.15, -0.1) is 0 Å². The van der Waals surface area contributed by atoms with Crippen LogP contribution in [0.2, 0.25) is 0 Å². The molecule has 2 N–H and O–H groups in total. The highest BCUT2D eigenvalue weighted by molar-refractivity contribution is 5.91. The van der Waals surface area contributed by atoms with Gasteiger partial charge in [-0.1, -0.05) is 30.3 Å². The molecule has 0 unspecified atom stereocenters. The van der Waals surface area contributed by atoms with Crippen LogP contribution in [0, 0.1) is 6.92 Å². The molecule has 2 aromatic carbocycles. The van der Waals surface area contributed by atoms with E-state index in [1.165, 1.54) is 0 Å². The molecule has 0 atom stereocenters. The fourth-order valence-corrected chi connectivity index (χ4v) is 1.90. The summed E-state index contributed by atoms with van der Waals surface area (Å²) in [5.41, 5.74) is 8.87. The molecule has 98 valence electrons. The summed E-state index contributed by atoms with van der Waals surface area (Å²) in [6, 6.07) is 15.1. The number of anilines is 1. The first kappa shape index (κ1) is 13.1. The Morgan fingerprint density at radius 2 is 1.89 bits per heavy atom. The van der Waals surface area contributed by atoms with Crippen molar-refractivity contribution in [3.8, 4) is 0 Å². The summed E-state index contributed by atoms with van der Waals surface area (Å²) < 4.78 is 5.27. The molecule has 0 aliphatic carbocycles. The lowest BCUT2D eigenvalue weighted by Crippen LogP contribution is -2.10. The maximum absolute atomic E-state index is 11.9. The molecular weight excluding hydrogens is 238 g/mol. The summed E-state index contributed by atoms with van der Waals surface area (Å²) in [4.78, 5) is 11.9. The molecule has 0 saturated carbocycles. The van der Waals surface area contributed by atoms with Gasteiger partial charge in [0.05, 0.1) is 12.2 Å². The second kappa shape index (κ2) is 6.05. The van der Waals surface area contributed by atoms with Crippen molar-refractivity contribution in [3.05, 3.63) is 65.2 Å². The zero-order valence-electron chi connectivity index (χ0n) is 10.9. The molecule has 0 amide bonds. The smallest absolute Gasteiger partial charge is 0.338 e. The normalized spacial score (nSPS) is 10.2. The van der Waals surface area contributed by atoms with E-state index in [-0.39, 0.29) is 5.97 Å². The van der Waals surface area contributed by atoms with E-state index in [0.717, 1.165) is 17.5 Å². The first-order valence-electron chi connectivity index (χ1n) is 6.24. The third-order valence-corrected chi connectivity index (χ3v) is 2.94. The van der Waals surface area contributed by atoms with E-state index in [4.69, 9.17) is 10.5 Å². The van der Waals surface area contributed by atoms with Gasteiger partial charge in [0, 0.05) is 12.1 Å². The Morgan fingerprint density at radius 1 is 1.16 bits per heavy atom. The molecule has 2 rings (SSSR count). The molecule has 0 saturated heterocycles. The predicted octanol–water partition coefficient (Wildman–Crippen LogP) is 2.98. The second-order valence-corrected chi connectivity index (χ2v) is 4.45. The highest BCUT2D eigenvalue weighted by Crippen LogP contribution is 2.13. The third-order valence-electron chi connectivity index (χ3n) is 2.94. The number of benzene rings is 2. The summed E-state index contributed by atoms with van der Waals surface area (Å²) in [7, 11) is 0. The van der Waals surface area contributed by atoms with Crippen LogP contribution in [0.3, 0.4) is 0 Å². The summed E-state index contributed by atoms with van der Waals surface area (Å²) in [6.07, 6.45) is 0.723. The van der Waals surface area contributed by atoms with Crippen LogP contribution in [-0.4, -0.2) is 12.6 Å². The fraction of sp³-hybridized carbons (Fsp3) is 0.188. The van der Waals surface area contributed by atoms with E-state index in [9.17, 15) is 4.79 Å². The van der Waals surface area contributed by atoms with Crippen molar-refractivity contribution in [1.82, 2.24) is 0 Å². The molecule has 0 aliphatic heterocycles. The molecule has 19 heavy (non-hydrogen) atoms. The van der Waals surface area contributed by atoms with Crippen molar-refractivity contribution in [2.75, 3.05) is 12.3 Å². The van der Waals surface area contributed by atoms with Crippen molar-refractivity contribution in [1.29, 1.82) is 0 Å². The molecule has 0 spiro atoms. The van der Waals surface area contributed by atoms with Crippen molar-refractivity contribution >= 4 is 11.7 Å². The number of hydrogen-bond donors (Lipinski definition) is 1. The van der Waals surface area contributed by atoms with Crippen LogP contribution in [0.5, 0.6) is 0 Å². The number of nitrogen functional groups attached to an aromatic ring is 1. The van der Waals surface area contributed by atoms with Crippen LogP contribution in [-0.2, 0) is 11.2 Å². The molecule has 0 aromatic heterocycles. The molecule has 0 aliphatic rings. The highest BCUT2D eigenvalue weighted by Gasteiger charge is 2.10. The van der Waals surface area contributed by atoms with E-state index >= 15 is 0 Å². The molecule has 3 heteroatoms. The van der Waals surface area contributed by atoms with Gasteiger partial charge in [0.1, 0.15) is 0 Å². The molecule has 2 aromatic rings. The van der Waals surface area contributed by atoms with E-state index in [1.54, 1.807) is 18.2 Å². The van der Waals surface area contributed by atoms with Gasteiger partial charge in [-0.05, 0) is 36.2 Å². The summed E-state index contributed by atoms with van der Waals surface area (Å²) in [5, 5.41) is 0. The van der Waals surface area contributed by atoms with Crippen molar-refractivity contribution < 1.29 is 9.53 Å². The number of aryl methyl sites for hydroxylation is 1. The maximum Gasteiger partial charge on any atom is 0.338 e. The number of nitrogens with two attached hydrogens (primary N) is 1. The highest BCUT2D eigenvalue weighted by atomic mass is 16.5. The van der Waals surface area contributed by atoms with Crippen molar-refractivity contribution in [2.45, 2.75) is 13.3 Å². The molecule has 0 heterocycles. The van der Waals surface area contributed by atoms with Gasteiger partial charge in [0.15, 0.2) is 0 Å². The number of carbonyl (C=O) groups excluding carboxylic acids is 1. The Morgan fingerprint density at radius 3 is 2.58 bits per heavy atom. The lowest BCUT2D eigenvalue weighted by atomic mass is 10.1. The van der Waals surface area contributed by atoms with Crippen LogP contribution in [0.4, 0.5) is 5.69 Å². The largest absolute Gasteiger partial charge is 0.462 e. The minimum absolute atomic E-state index is 0.298. The number of hydrogen-bond acceptors (Lipinski definition) is 3. The first-order valence-corrected chi connectivity index (χ1v) is 6.24. The number of ether oxygens (including phenoxy) is 1. The Hall–Kier alpha value is -2.29. The standard InChI is InChI=1S/C16H17NO2/c1-12-11-14(17)7-8-15(12)16(18)19-10-9-13-5-3-2-4-6-13/h2-8,11H,9-10,17H2,1H3. The van der Waals surface area contributed by atoms with Crippen LogP contribution in [0.1, 0.15) is 21.5 Å². The third kappa shape index (κ3) is 3.58. The quantitative estimate of drug-likeness (QED) is 0.675. The van der Waals surface area contributed by atoms with Crippen LogP contribution < -0.4 is 5.73 Å². The summed E-state index contributed by atoms with van der Waals surface area (Å²) >= 11 is 0. The van der Waals surface area contributed by atoms with Crippen molar-refractivity contribution in [2.24, 2.45) is 0 Å². The topological polar surface area (TPSA) is 52.3 Å². The Bertz CT molecular complexity index is 564. The lowest BCUT2D eigenvalue weighted by molar-refractivity contribution is 0.0508. The van der Waals surface area contributed by atoms with Gasteiger partial charge in [0.2, 0.25) is 0 Å².